The predicted molar refractivity (Wildman–Crippen MR) is 80.9 cm³/mol. The molecule has 0 bridgehead atoms. The van der Waals surface area contributed by atoms with Gasteiger partial charge in [0.2, 0.25) is 0 Å². The fourth-order valence-electron chi connectivity index (χ4n) is 2.81. The monoisotopic (exact) mass is 275 g/mol. The van der Waals surface area contributed by atoms with Crippen molar-refractivity contribution in [1.29, 1.82) is 0 Å². The number of hydrogen-bond donors (Lipinski definition) is 2. The van der Waals surface area contributed by atoms with E-state index in [2.05, 4.69) is 32.2 Å². The summed E-state index contributed by atoms with van der Waals surface area (Å²) >= 11 is 0. The van der Waals surface area contributed by atoms with E-state index in [1.165, 1.54) is 17.5 Å². The van der Waals surface area contributed by atoms with Gasteiger partial charge in [0.05, 0.1) is 0 Å². The second-order valence-corrected chi connectivity index (χ2v) is 6.74. The van der Waals surface area contributed by atoms with Crippen LogP contribution in [0.1, 0.15) is 55.1 Å². The molecule has 110 valence electrons. The number of aryl methyl sites for hydroxylation is 2. The Balaban J connectivity index is 2.11. The molecule has 0 fully saturated rings. The molecule has 0 heterocycles. The summed E-state index contributed by atoms with van der Waals surface area (Å²) in [4.78, 5) is 12.4. The zero-order valence-corrected chi connectivity index (χ0v) is 12.7. The van der Waals surface area contributed by atoms with E-state index >= 15 is 0 Å². The molecule has 2 rings (SSSR count). The van der Waals surface area contributed by atoms with Crippen molar-refractivity contribution in [1.82, 2.24) is 5.32 Å². The number of rotatable bonds is 4. The van der Waals surface area contributed by atoms with Gasteiger partial charge in [0.25, 0.3) is 5.91 Å². The third kappa shape index (κ3) is 3.40. The van der Waals surface area contributed by atoms with Gasteiger partial charge >= 0.3 is 0 Å². The summed E-state index contributed by atoms with van der Waals surface area (Å²) in [7, 11) is 0. The Morgan fingerprint density at radius 3 is 2.65 bits per heavy atom. The fourth-order valence-corrected chi connectivity index (χ4v) is 2.81. The summed E-state index contributed by atoms with van der Waals surface area (Å²) in [5, 5.41) is 12.2. The Hall–Kier alpha value is -1.35. The number of carbonyl (C=O) groups excluding carboxylic acids is 1. The second kappa shape index (κ2) is 5.96. The van der Waals surface area contributed by atoms with Gasteiger partial charge < -0.3 is 10.4 Å². The number of aliphatic hydroxyl groups excluding tert-OH is 1. The molecular formula is C17H25NO2. The van der Waals surface area contributed by atoms with Gasteiger partial charge in [-0.25, -0.2) is 0 Å². The zero-order chi connectivity index (χ0) is 14.8. The number of carbonyl (C=O) groups is 1. The molecule has 1 amide bonds. The van der Waals surface area contributed by atoms with Crippen LogP contribution in [0.4, 0.5) is 0 Å². The van der Waals surface area contributed by atoms with Crippen molar-refractivity contribution >= 4 is 5.91 Å². The molecule has 1 aliphatic carbocycles. The van der Waals surface area contributed by atoms with E-state index in [1.807, 2.05) is 12.1 Å². The Bertz CT molecular complexity index is 488. The Kier molecular flexibility index (Phi) is 4.48. The molecule has 0 saturated carbocycles. The van der Waals surface area contributed by atoms with Crippen LogP contribution < -0.4 is 5.32 Å². The molecule has 1 atom stereocenters. The van der Waals surface area contributed by atoms with Crippen LogP contribution in [0.3, 0.4) is 0 Å². The summed E-state index contributed by atoms with van der Waals surface area (Å²) in [5.74, 6) is -0.0342. The van der Waals surface area contributed by atoms with Crippen molar-refractivity contribution in [3.8, 4) is 0 Å². The average molecular weight is 275 g/mol. The lowest BCUT2D eigenvalue weighted by molar-refractivity contribution is 0.0885. The lowest BCUT2D eigenvalue weighted by atomic mass is 9.84. The van der Waals surface area contributed by atoms with Gasteiger partial charge in [0.1, 0.15) is 0 Å². The molecule has 3 heteroatoms. The normalized spacial score (nSPS) is 15.8. The van der Waals surface area contributed by atoms with Crippen molar-refractivity contribution < 1.29 is 9.90 Å². The molecule has 0 spiro atoms. The second-order valence-electron chi connectivity index (χ2n) is 6.74. The highest BCUT2D eigenvalue weighted by Crippen LogP contribution is 2.24. The Labute approximate surface area is 121 Å². The van der Waals surface area contributed by atoms with Crippen LogP contribution in [-0.4, -0.2) is 23.7 Å². The minimum absolute atomic E-state index is 0.0201. The highest BCUT2D eigenvalue weighted by atomic mass is 16.3. The van der Waals surface area contributed by atoms with Crippen molar-refractivity contribution in [3.05, 3.63) is 34.9 Å². The Morgan fingerprint density at radius 2 is 2.00 bits per heavy atom. The molecule has 0 aliphatic heterocycles. The average Bonchev–Trinajstić information content (AvgIpc) is 2.84. The van der Waals surface area contributed by atoms with E-state index in [0.29, 0.717) is 6.42 Å². The number of fused-ring (bicyclic) bond motifs is 1. The molecule has 1 aromatic rings. The summed E-state index contributed by atoms with van der Waals surface area (Å²) in [6.07, 6.45) is 3.98. The van der Waals surface area contributed by atoms with Gasteiger partial charge in [-0.05, 0) is 54.4 Å². The van der Waals surface area contributed by atoms with E-state index in [4.69, 9.17) is 5.11 Å². The Morgan fingerprint density at radius 1 is 1.30 bits per heavy atom. The molecule has 1 aliphatic rings. The first-order chi connectivity index (χ1) is 9.41. The molecular weight excluding hydrogens is 250 g/mol. The number of amides is 1. The van der Waals surface area contributed by atoms with Crippen LogP contribution in [-0.2, 0) is 12.8 Å². The van der Waals surface area contributed by atoms with Crippen molar-refractivity contribution in [2.45, 2.75) is 52.5 Å². The van der Waals surface area contributed by atoms with E-state index < -0.39 is 0 Å². The first-order valence-corrected chi connectivity index (χ1v) is 7.45. The summed E-state index contributed by atoms with van der Waals surface area (Å²) in [6, 6.07) is 6.00. The predicted octanol–water partition coefficient (Wildman–Crippen LogP) is 2.70. The van der Waals surface area contributed by atoms with Crippen LogP contribution >= 0.6 is 0 Å². The van der Waals surface area contributed by atoms with E-state index in [0.717, 1.165) is 18.4 Å². The standard InChI is InChI=1S/C17H25NO2/c1-17(2,3)15(9-10-19)18-16(20)14-8-7-12-5-4-6-13(12)11-14/h7-8,11,15,19H,4-6,9-10H2,1-3H3,(H,18,20). The minimum atomic E-state index is -0.0604. The highest BCUT2D eigenvalue weighted by Gasteiger charge is 2.26. The third-order valence-corrected chi connectivity index (χ3v) is 4.13. The highest BCUT2D eigenvalue weighted by molar-refractivity contribution is 5.94. The zero-order valence-electron chi connectivity index (χ0n) is 12.7. The number of hydrogen-bond acceptors (Lipinski definition) is 2. The van der Waals surface area contributed by atoms with Crippen LogP contribution in [0.15, 0.2) is 18.2 Å². The van der Waals surface area contributed by atoms with Crippen LogP contribution in [0.2, 0.25) is 0 Å². The van der Waals surface area contributed by atoms with E-state index in [9.17, 15) is 4.79 Å². The molecule has 3 nitrogen and oxygen atoms in total. The molecule has 0 saturated heterocycles. The maximum atomic E-state index is 12.4. The van der Waals surface area contributed by atoms with Gasteiger partial charge in [-0.15, -0.1) is 0 Å². The maximum Gasteiger partial charge on any atom is 0.251 e. The third-order valence-electron chi connectivity index (χ3n) is 4.13. The first kappa shape index (κ1) is 15.0. The maximum absolute atomic E-state index is 12.4. The lowest BCUT2D eigenvalue weighted by Crippen LogP contribution is -2.44. The van der Waals surface area contributed by atoms with Gasteiger partial charge in [0, 0.05) is 18.2 Å². The summed E-state index contributed by atoms with van der Waals surface area (Å²) in [6.45, 7) is 6.33. The number of nitrogens with one attached hydrogen (secondary N) is 1. The van der Waals surface area contributed by atoms with Gasteiger partial charge in [-0.2, -0.15) is 0 Å². The van der Waals surface area contributed by atoms with E-state index in [-0.39, 0.29) is 24.0 Å². The van der Waals surface area contributed by atoms with Crippen LogP contribution in [0.5, 0.6) is 0 Å². The van der Waals surface area contributed by atoms with Crippen molar-refractivity contribution in [2.24, 2.45) is 5.41 Å². The minimum Gasteiger partial charge on any atom is -0.396 e. The molecule has 1 aromatic carbocycles. The largest absolute Gasteiger partial charge is 0.396 e. The van der Waals surface area contributed by atoms with Gasteiger partial charge in [0.15, 0.2) is 0 Å². The number of aliphatic hydroxyl groups is 1. The summed E-state index contributed by atoms with van der Waals surface area (Å²) < 4.78 is 0. The molecule has 1 unspecified atom stereocenters. The van der Waals surface area contributed by atoms with Crippen LogP contribution in [0.25, 0.3) is 0 Å². The van der Waals surface area contributed by atoms with Crippen LogP contribution in [0, 0.1) is 5.41 Å². The molecule has 20 heavy (non-hydrogen) atoms. The lowest BCUT2D eigenvalue weighted by Gasteiger charge is -2.31. The first-order valence-electron chi connectivity index (χ1n) is 7.45. The van der Waals surface area contributed by atoms with Crippen molar-refractivity contribution in [2.75, 3.05) is 6.61 Å². The SMILES string of the molecule is CC(C)(C)C(CCO)NC(=O)c1ccc2c(c1)CCC2. The van der Waals surface area contributed by atoms with E-state index in [1.54, 1.807) is 0 Å². The molecule has 2 N–H and O–H groups in total. The van der Waals surface area contributed by atoms with Gasteiger partial charge in [-0.1, -0.05) is 26.8 Å². The topological polar surface area (TPSA) is 49.3 Å². The molecule has 0 aromatic heterocycles. The smallest absolute Gasteiger partial charge is 0.251 e. The van der Waals surface area contributed by atoms with Gasteiger partial charge in [-0.3, -0.25) is 4.79 Å². The number of benzene rings is 1. The molecule has 0 radical (unpaired) electrons. The van der Waals surface area contributed by atoms with Crippen molar-refractivity contribution in [3.63, 3.8) is 0 Å². The fraction of sp³-hybridized carbons (Fsp3) is 0.588. The quantitative estimate of drug-likeness (QED) is 0.887. The summed E-state index contributed by atoms with van der Waals surface area (Å²) in [5.41, 5.74) is 3.36.